The van der Waals surface area contributed by atoms with Crippen LogP contribution in [-0.4, -0.2) is 48.3 Å². The van der Waals surface area contributed by atoms with Crippen LogP contribution in [0.25, 0.3) is 10.2 Å². The van der Waals surface area contributed by atoms with Crippen molar-refractivity contribution in [3.63, 3.8) is 0 Å². The molecule has 2 aromatic heterocycles. The zero-order chi connectivity index (χ0) is 25.3. The molecule has 8 nitrogen and oxygen atoms in total. The highest BCUT2D eigenvalue weighted by atomic mass is 32.2. The van der Waals surface area contributed by atoms with Gasteiger partial charge in [0.25, 0.3) is 0 Å². The van der Waals surface area contributed by atoms with E-state index >= 15 is 0 Å². The number of thiazole rings is 1. The third-order valence-corrected chi connectivity index (χ3v) is 9.19. The second kappa shape index (κ2) is 9.96. The Bertz CT molecular complexity index is 1490. The molecule has 2 aromatic carbocycles. The van der Waals surface area contributed by atoms with Crippen LogP contribution in [0.1, 0.15) is 24.1 Å². The topological polar surface area (TPSA) is 92.7 Å². The number of pyridine rings is 1. The second-order valence-corrected chi connectivity index (χ2v) is 11.6. The largest absolute Gasteiger partial charge is 0.497 e. The van der Waals surface area contributed by atoms with Crippen LogP contribution in [0.4, 0.5) is 5.13 Å². The van der Waals surface area contributed by atoms with Gasteiger partial charge in [0.15, 0.2) is 5.13 Å². The van der Waals surface area contributed by atoms with Gasteiger partial charge in [0.05, 0.1) is 34.5 Å². The molecular formula is C26H26N4O4S2. The molecule has 0 aliphatic carbocycles. The van der Waals surface area contributed by atoms with E-state index in [1.54, 1.807) is 23.2 Å². The molecule has 0 radical (unpaired) electrons. The van der Waals surface area contributed by atoms with Crippen molar-refractivity contribution in [1.82, 2.24) is 14.3 Å². The normalized spacial score (nSPS) is 16.3. The van der Waals surface area contributed by atoms with Crippen molar-refractivity contribution in [3.8, 4) is 5.75 Å². The highest BCUT2D eigenvalue weighted by Gasteiger charge is 2.42. The SMILES string of the molecule is COc1ccc(S(=O)(=O)N2CCCC2C(=O)N(Cc2ccccn2)c2nc3ccc(C)cc3s2)cc1. The Labute approximate surface area is 214 Å². The maximum Gasteiger partial charge on any atom is 0.247 e. The fourth-order valence-electron chi connectivity index (χ4n) is 4.37. The molecule has 0 bridgehead atoms. The highest BCUT2D eigenvalue weighted by Crippen LogP contribution is 2.34. The molecular weight excluding hydrogens is 496 g/mol. The first-order valence-corrected chi connectivity index (χ1v) is 13.9. The Kier molecular flexibility index (Phi) is 6.74. The van der Waals surface area contributed by atoms with Crippen molar-refractivity contribution < 1.29 is 17.9 Å². The number of anilines is 1. The summed E-state index contributed by atoms with van der Waals surface area (Å²) in [7, 11) is -2.35. The standard InChI is InChI=1S/C26H26N4O4S2/c1-18-8-13-22-24(16-18)35-26(28-22)29(17-19-6-3-4-14-27-19)25(31)23-7-5-15-30(23)36(32,33)21-11-9-20(34-2)10-12-21/h3-4,6,8-14,16,23H,5,7,15,17H2,1-2H3. The molecule has 0 saturated carbocycles. The van der Waals surface area contributed by atoms with Crippen LogP contribution in [0.3, 0.4) is 0 Å². The lowest BCUT2D eigenvalue weighted by Crippen LogP contribution is -2.47. The molecule has 186 valence electrons. The van der Waals surface area contributed by atoms with Gasteiger partial charge in [0, 0.05) is 12.7 Å². The number of sulfonamides is 1. The summed E-state index contributed by atoms with van der Waals surface area (Å²) in [6.45, 7) is 2.49. The summed E-state index contributed by atoms with van der Waals surface area (Å²) in [5, 5.41) is 0.528. The van der Waals surface area contributed by atoms with Gasteiger partial charge in [-0.3, -0.25) is 14.7 Å². The van der Waals surface area contributed by atoms with Gasteiger partial charge in [-0.1, -0.05) is 23.5 Å². The molecule has 36 heavy (non-hydrogen) atoms. The zero-order valence-corrected chi connectivity index (χ0v) is 21.6. The minimum atomic E-state index is -3.88. The number of fused-ring (bicyclic) bond motifs is 1. The van der Waals surface area contributed by atoms with E-state index in [-0.39, 0.29) is 23.9 Å². The average Bonchev–Trinajstić information content (AvgIpc) is 3.55. The van der Waals surface area contributed by atoms with Crippen molar-refractivity contribution in [1.29, 1.82) is 0 Å². The first-order valence-electron chi connectivity index (χ1n) is 11.6. The lowest BCUT2D eigenvalue weighted by molar-refractivity contribution is -0.121. The van der Waals surface area contributed by atoms with Crippen molar-refractivity contribution in [2.75, 3.05) is 18.6 Å². The fraction of sp³-hybridized carbons (Fsp3) is 0.269. The molecule has 5 rings (SSSR count). The molecule has 0 spiro atoms. The van der Waals surface area contributed by atoms with Crippen LogP contribution in [-0.2, 0) is 21.4 Å². The maximum atomic E-state index is 14.0. The number of rotatable bonds is 7. The molecule has 1 saturated heterocycles. The number of methoxy groups -OCH3 is 1. The molecule has 1 aliphatic rings. The number of aromatic nitrogens is 2. The van der Waals surface area contributed by atoms with E-state index in [0.717, 1.165) is 15.8 Å². The van der Waals surface area contributed by atoms with E-state index in [0.29, 0.717) is 29.4 Å². The average molecular weight is 523 g/mol. The van der Waals surface area contributed by atoms with Gasteiger partial charge in [0.2, 0.25) is 15.9 Å². The number of hydrogen-bond donors (Lipinski definition) is 0. The monoisotopic (exact) mass is 522 g/mol. The number of aryl methyl sites for hydroxylation is 1. The van der Waals surface area contributed by atoms with Crippen LogP contribution in [0.15, 0.2) is 71.8 Å². The van der Waals surface area contributed by atoms with Crippen LogP contribution in [0.2, 0.25) is 0 Å². The number of nitrogens with zero attached hydrogens (tertiary/aromatic N) is 4. The lowest BCUT2D eigenvalue weighted by atomic mass is 10.2. The number of amides is 1. The zero-order valence-electron chi connectivity index (χ0n) is 20.0. The first kappa shape index (κ1) is 24.4. The van der Waals surface area contributed by atoms with E-state index in [4.69, 9.17) is 9.72 Å². The van der Waals surface area contributed by atoms with Crippen molar-refractivity contribution in [3.05, 3.63) is 78.1 Å². The van der Waals surface area contributed by atoms with E-state index in [9.17, 15) is 13.2 Å². The number of carbonyl (C=O) groups is 1. The summed E-state index contributed by atoms with van der Waals surface area (Å²) in [6.07, 6.45) is 2.72. The van der Waals surface area contributed by atoms with Crippen molar-refractivity contribution in [2.45, 2.75) is 37.2 Å². The van der Waals surface area contributed by atoms with Gasteiger partial charge in [0.1, 0.15) is 11.8 Å². The Morgan fingerprint density at radius 3 is 2.69 bits per heavy atom. The minimum absolute atomic E-state index is 0.134. The summed E-state index contributed by atoms with van der Waals surface area (Å²) >= 11 is 1.42. The third-order valence-electron chi connectivity index (χ3n) is 6.23. The molecule has 0 N–H and O–H groups in total. The summed E-state index contributed by atoms with van der Waals surface area (Å²) in [4.78, 5) is 24.8. The fourth-order valence-corrected chi connectivity index (χ4v) is 7.09. The molecule has 4 aromatic rings. The highest BCUT2D eigenvalue weighted by molar-refractivity contribution is 7.89. The van der Waals surface area contributed by atoms with Crippen molar-refractivity contribution >= 4 is 42.6 Å². The van der Waals surface area contributed by atoms with Gasteiger partial charge in [-0.05, 0) is 73.9 Å². The third kappa shape index (κ3) is 4.71. The number of hydrogen-bond acceptors (Lipinski definition) is 7. The van der Waals surface area contributed by atoms with Crippen LogP contribution < -0.4 is 9.64 Å². The predicted octanol–water partition coefficient (Wildman–Crippen LogP) is 4.39. The van der Waals surface area contributed by atoms with Gasteiger partial charge >= 0.3 is 0 Å². The quantitative estimate of drug-likeness (QED) is 0.357. The van der Waals surface area contributed by atoms with E-state index in [1.807, 2.05) is 43.3 Å². The van der Waals surface area contributed by atoms with E-state index in [2.05, 4.69) is 4.98 Å². The Balaban J connectivity index is 1.51. The van der Waals surface area contributed by atoms with Gasteiger partial charge in [-0.15, -0.1) is 0 Å². The Morgan fingerprint density at radius 1 is 1.17 bits per heavy atom. The molecule has 10 heteroatoms. The lowest BCUT2D eigenvalue weighted by Gasteiger charge is -2.28. The number of benzene rings is 2. The molecule has 1 aliphatic heterocycles. The number of carbonyl (C=O) groups excluding carboxylic acids is 1. The summed E-state index contributed by atoms with van der Waals surface area (Å²) in [5.41, 5.74) is 2.60. The maximum absolute atomic E-state index is 14.0. The smallest absolute Gasteiger partial charge is 0.247 e. The molecule has 3 heterocycles. The van der Waals surface area contributed by atoms with E-state index in [1.165, 1.54) is 34.9 Å². The van der Waals surface area contributed by atoms with Gasteiger partial charge in [-0.2, -0.15) is 4.31 Å². The Hall–Kier alpha value is -3.34. The molecule has 1 unspecified atom stereocenters. The van der Waals surface area contributed by atoms with Gasteiger partial charge < -0.3 is 4.74 Å². The first-order chi connectivity index (χ1) is 17.4. The van der Waals surface area contributed by atoms with Crippen molar-refractivity contribution in [2.24, 2.45) is 0 Å². The summed E-state index contributed by atoms with van der Waals surface area (Å²) < 4.78 is 34.5. The minimum Gasteiger partial charge on any atom is -0.497 e. The predicted molar refractivity (Wildman–Crippen MR) is 140 cm³/mol. The molecule has 1 atom stereocenters. The Morgan fingerprint density at radius 2 is 1.97 bits per heavy atom. The molecule has 1 fully saturated rings. The van der Waals surface area contributed by atoms with Crippen LogP contribution >= 0.6 is 11.3 Å². The van der Waals surface area contributed by atoms with Crippen LogP contribution in [0, 0.1) is 6.92 Å². The van der Waals surface area contributed by atoms with E-state index < -0.39 is 16.1 Å². The summed E-state index contributed by atoms with van der Waals surface area (Å²) in [5.74, 6) is 0.265. The van der Waals surface area contributed by atoms with Gasteiger partial charge in [-0.25, -0.2) is 13.4 Å². The number of ether oxygens (including phenoxy) is 1. The van der Waals surface area contributed by atoms with Crippen LogP contribution in [0.5, 0.6) is 5.75 Å². The second-order valence-electron chi connectivity index (χ2n) is 8.66. The molecule has 1 amide bonds. The summed E-state index contributed by atoms with van der Waals surface area (Å²) in [6, 6.07) is 16.9.